The molecule has 1 amide bonds. The molecule has 33 heavy (non-hydrogen) atoms. The molecule has 5 aliphatic rings. The Morgan fingerprint density at radius 2 is 1.94 bits per heavy atom. The highest BCUT2D eigenvalue weighted by Crippen LogP contribution is 2.64. The molecule has 0 unspecified atom stereocenters. The Hall–Kier alpha value is -2.02. The number of piperidine rings is 1. The molecule has 7 heteroatoms. The Labute approximate surface area is 196 Å². The van der Waals surface area contributed by atoms with Crippen molar-refractivity contribution in [2.75, 3.05) is 19.7 Å². The van der Waals surface area contributed by atoms with Gasteiger partial charge in [-0.15, -0.1) is 0 Å². The highest BCUT2D eigenvalue weighted by atomic mass is 16.7. The molecule has 1 N–H and O–H groups in total. The third-order valence-electron chi connectivity index (χ3n) is 7.87. The molecular formula is C26H38N2O5. The third-order valence-corrected chi connectivity index (χ3v) is 7.87. The van der Waals surface area contributed by atoms with E-state index in [-0.39, 0.29) is 30.5 Å². The van der Waals surface area contributed by atoms with Crippen LogP contribution in [0.5, 0.6) is 0 Å². The molecule has 0 aromatic carbocycles. The van der Waals surface area contributed by atoms with Gasteiger partial charge >= 0.3 is 6.16 Å². The summed E-state index contributed by atoms with van der Waals surface area (Å²) in [5.41, 5.74) is 0.104. The van der Waals surface area contributed by atoms with Crippen LogP contribution in [0.15, 0.2) is 10.5 Å². The summed E-state index contributed by atoms with van der Waals surface area (Å²) in [6.07, 6.45) is 9.04. The highest BCUT2D eigenvalue weighted by Gasteiger charge is 2.66. The molecule has 4 aliphatic heterocycles. The number of carbonyl (C=O) groups excluding carboxylic acids is 2. The molecule has 182 valence electrons. The summed E-state index contributed by atoms with van der Waals surface area (Å²) in [5.74, 6) is 2.41. The van der Waals surface area contributed by atoms with Crippen molar-refractivity contribution in [2.24, 2.45) is 5.41 Å². The van der Waals surface area contributed by atoms with Gasteiger partial charge in [0.1, 0.15) is 23.7 Å². The molecule has 5 heterocycles. The lowest BCUT2D eigenvalue weighted by Gasteiger charge is -2.43. The van der Waals surface area contributed by atoms with E-state index >= 15 is 0 Å². The molecule has 6 rings (SSSR count). The summed E-state index contributed by atoms with van der Waals surface area (Å²) in [4.78, 5) is 28.2. The van der Waals surface area contributed by atoms with Crippen molar-refractivity contribution in [3.8, 4) is 0 Å². The van der Waals surface area contributed by atoms with Crippen molar-refractivity contribution in [3.63, 3.8) is 0 Å². The van der Waals surface area contributed by atoms with Gasteiger partial charge in [-0.2, -0.15) is 0 Å². The molecule has 1 spiro atoms. The Bertz CT molecular complexity index is 903. The van der Waals surface area contributed by atoms with Crippen LogP contribution in [0.2, 0.25) is 0 Å². The van der Waals surface area contributed by atoms with Gasteiger partial charge in [0.15, 0.2) is 0 Å². The topological polar surface area (TPSA) is 81.0 Å². The van der Waals surface area contributed by atoms with Gasteiger partial charge in [0.25, 0.3) is 0 Å². The first-order chi connectivity index (χ1) is 15.8. The van der Waals surface area contributed by atoms with E-state index in [0.29, 0.717) is 6.42 Å². The Balaban J connectivity index is 1.40. The first kappa shape index (κ1) is 22.8. The van der Waals surface area contributed by atoms with Gasteiger partial charge in [0.2, 0.25) is 5.91 Å². The molecule has 0 saturated carbocycles. The molecule has 2 saturated heterocycles. The maximum atomic E-state index is 14.0. The standard InChI is InChI=1S/C26H38N2O5/c1-25(2,3)33-24(30)31-16-17-15-26-20-11-13-28(23(26)29)12-9-7-5-4-6-8-10-18-14-19(20)21(32-18)22(26)27-17/h14,17,20,22,27H,4-13,15-16H2,1-3H3/t17-,20+,22+,26+/m1/s1. The Morgan fingerprint density at radius 1 is 1.18 bits per heavy atom. The van der Waals surface area contributed by atoms with Gasteiger partial charge in [0, 0.05) is 31.5 Å². The van der Waals surface area contributed by atoms with Crippen molar-refractivity contribution >= 4 is 12.1 Å². The number of nitrogens with zero attached hydrogens (tertiary/aromatic N) is 1. The minimum Gasteiger partial charge on any atom is -0.464 e. The number of aryl methyl sites for hydroxylation is 1. The lowest BCUT2D eigenvalue weighted by atomic mass is 9.67. The number of furan rings is 1. The van der Waals surface area contributed by atoms with Gasteiger partial charge in [0.05, 0.1) is 11.5 Å². The molecule has 1 aliphatic carbocycles. The van der Waals surface area contributed by atoms with Crippen LogP contribution in [-0.2, 0) is 20.7 Å². The van der Waals surface area contributed by atoms with E-state index in [2.05, 4.69) is 16.3 Å². The van der Waals surface area contributed by atoms with Gasteiger partial charge in [-0.1, -0.05) is 25.7 Å². The molecular weight excluding hydrogens is 420 g/mol. The van der Waals surface area contributed by atoms with E-state index in [1.807, 2.05) is 20.8 Å². The number of carbonyl (C=O) groups is 2. The second-order valence-electron chi connectivity index (χ2n) is 11.4. The van der Waals surface area contributed by atoms with E-state index in [1.54, 1.807) is 0 Å². The summed E-state index contributed by atoms with van der Waals surface area (Å²) in [6.45, 7) is 7.31. The van der Waals surface area contributed by atoms with Crippen molar-refractivity contribution in [1.82, 2.24) is 10.2 Å². The Morgan fingerprint density at radius 3 is 2.73 bits per heavy atom. The zero-order valence-corrected chi connectivity index (χ0v) is 20.3. The SMILES string of the molecule is CC(C)(C)OC(=O)OC[C@H]1C[C@@]23C(=O)N4CCCCCCCCc5cc(c(o5)[C@@H]2N1)[C@@H]3CC4. The molecule has 6 bridgehead atoms. The van der Waals surface area contributed by atoms with Crippen LogP contribution >= 0.6 is 0 Å². The number of hydrogen-bond acceptors (Lipinski definition) is 6. The summed E-state index contributed by atoms with van der Waals surface area (Å²) < 4.78 is 17.2. The Kier molecular flexibility index (Phi) is 5.96. The maximum Gasteiger partial charge on any atom is 0.508 e. The number of ether oxygens (including phenoxy) is 2. The molecule has 0 radical (unpaired) electrons. The lowest BCUT2D eigenvalue weighted by molar-refractivity contribution is -0.148. The average molecular weight is 459 g/mol. The van der Waals surface area contributed by atoms with E-state index < -0.39 is 17.2 Å². The van der Waals surface area contributed by atoms with Gasteiger partial charge in [-0.3, -0.25) is 4.79 Å². The second-order valence-corrected chi connectivity index (χ2v) is 11.4. The van der Waals surface area contributed by atoms with Crippen LogP contribution in [0.4, 0.5) is 4.79 Å². The number of rotatable bonds is 2. The van der Waals surface area contributed by atoms with Gasteiger partial charge in [-0.05, 0) is 58.1 Å². The summed E-state index contributed by atoms with van der Waals surface area (Å²) >= 11 is 0. The number of amides is 1. The monoisotopic (exact) mass is 458 g/mol. The summed E-state index contributed by atoms with van der Waals surface area (Å²) in [6, 6.07) is 1.98. The molecule has 4 atom stereocenters. The van der Waals surface area contributed by atoms with Crippen LogP contribution in [-0.4, -0.2) is 48.3 Å². The van der Waals surface area contributed by atoms with Crippen LogP contribution in [0.25, 0.3) is 0 Å². The quantitative estimate of drug-likeness (QED) is 0.639. The first-order valence-electron chi connectivity index (χ1n) is 12.8. The maximum absolute atomic E-state index is 14.0. The minimum absolute atomic E-state index is 0.102. The summed E-state index contributed by atoms with van der Waals surface area (Å²) in [7, 11) is 0. The second kappa shape index (κ2) is 8.64. The fourth-order valence-electron chi connectivity index (χ4n) is 6.53. The third kappa shape index (κ3) is 4.17. The van der Waals surface area contributed by atoms with Crippen molar-refractivity contribution in [1.29, 1.82) is 0 Å². The fraction of sp³-hybridized carbons (Fsp3) is 0.769. The minimum atomic E-state index is -0.664. The van der Waals surface area contributed by atoms with Gasteiger partial charge in [-0.25, -0.2) is 4.79 Å². The van der Waals surface area contributed by atoms with Crippen LogP contribution in [0.3, 0.4) is 0 Å². The summed E-state index contributed by atoms with van der Waals surface area (Å²) in [5, 5.41) is 3.63. The van der Waals surface area contributed by atoms with E-state index in [0.717, 1.165) is 50.3 Å². The largest absolute Gasteiger partial charge is 0.508 e. The molecule has 1 aromatic heterocycles. The predicted octanol–water partition coefficient (Wildman–Crippen LogP) is 4.85. The number of nitrogens with one attached hydrogen (secondary N) is 1. The highest BCUT2D eigenvalue weighted by molar-refractivity contribution is 5.88. The zero-order chi connectivity index (χ0) is 23.2. The average Bonchev–Trinajstić information content (AvgIpc) is 3.37. The predicted molar refractivity (Wildman–Crippen MR) is 123 cm³/mol. The van der Waals surface area contributed by atoms with Crippen molar-refractivity contribution < 1.29 is 23.5 Å². The normalized spacial score (nSPS) is 31.9. The van der Waals surface area contributed by atoms with E-state index in [1.165, 1.54) is 31.2 Å². The molecule has 2 fully saturated rings. The molecule has 7 nitrogen and oxygen atoms in total. The van der Waals surface area contributed by atoms with Gasteiger partial charge < -0.3 is 24.1 Å². The fourth-order valence-corrected chi connectivity index (χ4v) is 6.53. The van der Waals surface area contributed by atoms with Crippen LogP contribution < -0.4 is 5.32 Å². The van der Waals surface area contributed by atoms with Crippen molar-refractivity contribution in [2.45, 2.75) is 102 Å². The first-order valence-corrected chi connectivity index (χ1v) is 12.8. The number of fused-ring (bicyclic) bond motifs is 8. The smallest absolute Gasteiger partial charge is 0.464 e. The van der Waals surface area contributed by atoms with Crippen LogP contribution in [0.1, 0.15) is 101 Å². The molecule has 1 aromatic rings. The van der Waals surface area contributed by atoms with E-state index in [4.69, 9.17) is 13.9 Å². The number of hydrogen-bond donors (Lipinski definition) is 1. The zero-order valence-electron chi connectivity index (χ0n) is 20.3. The van der Waals surface area contributed by atoms with E-state index in [9.17, 15) is 9.59 Å². The van der Waals surface area contributed by atoms with Crippen LogP contribution in [0, 0.1) is 5.41 Å². The lowest BCUT2D eigenvalue weighted by Crippen LogP contribution is -2.52. The van der Waals surface area contributed by atoms with Crippen molar-refractivity contribution in [3.05, 3.63) is 23.2 Å².